The second-order valence-electron chi connectivity index (χ2n) is 8.54. The normalized spacial score (nSPS) is 16.0. The first-order valence-electron chi connectivity index (χ1n) is 10.9. The number of nitrogens with zero attached hydrogens (tertiary/aromatic N) is 5. The van der Waals surface area contributed by atoms with Crippen molar-refractivity contribution in [3.63, 3.8) is 0 Å². The van der Waals surface area contributed by atoms with E-state index >= 15 is 0 Å². The highest BCUT2D eigenvalue weighted by molar-refractivity contribution is 7.17. The van der Waals surface area contributed by atoms with Crippen LogP contribution in [0.15, 0.2) is 9.32 Å². The summed E-state index contributed by atoms with van der Waals surface area (Å²) in [5.74, 6) is 0.784. The Morgan fingerprint density at radius 3 is 2.38 bits per heavy atom. The molecule has 1 aliphatic carbocycles. The Morgan fingerprint density at radius 1 is 1.06 bits per heavy atom. The molecule has 4 rings (SSSR count). The van der Waals surface area contributed by atoms with Crippen LogP contribution in [0.2, 0.25) is 0 Å². The van der Waals surface area contributed by atoms with Crippen molar-refractivity contribution in [1.82, 2.24) is 30.2 Å². The molecule has 3 aromatic rings. The van der Waals surface area contributed by atoms with Crippen LogP contribution >= 0.6 is 11.3 Å². The number of carbonyl (C=O) groups is 1. The molecule has 170 valence electrons. The molecule has 32 heavy (non-hydrogen) atoms. The van der Waals surface area contributed by atoms with Gasteiger partial charge in [-0.15, -0.1) is 11.3 Å². The first-order chi connectivity index (χ1) is 15.2. The van der Waals surface area contributed by atoms with E-state index in [-0.39, 0.29) is 11.5 Å². The summed E-state index contributed by atoms with van der Waals surface area (Å²) in [7, 11) is 1.62. The van der Waals surface area contributed by atoms with E-state index in [4.69, 9.17) is 4.52 Å². The van der Waals surface area contributed by atoms with E-state index < -0.39 is 5.54 Å². The van der Waals surface area contributed by atoms with Crippen LogP contribution in [0.25, 0.3) is 10.6 Å². The summed E-state index contributed by atoms with van der Waals surface area (Å²) in [4.78, 5) is 35.7. The van der Waals surface area contributed by atoms with E-state index in [1.165, 1.54) is 16.0 Å². The Bertz CT molecular complexity index is 1220. The number of rotatable bonds is 4. The summed E-state index contributed by atoms with van der Waals surface area (Å²) in [6, 6.07) is 0. The summed E-state index contributed by atoms with van der Waals surface area (Å²) < 4.78 is 6.55. The third-order valence-electron chi connectivity index (χ3n) is 6.21. The molecule has 0 atom stereocenters. The molecule has 10 heteroatoms. The monoisotopic (exact) mass is 456 g/mol. The zero-order chi connectivity index (χ0) is 23.0. The van der Waals surface area contributed by atoms with Gasteiger partial charge in [-0.05, 0) is 39.2 Å². The van der Waals surface area contributed by atoms with Gasteiger partial charge in [0.25, 0.3) is 11.5 Å². The van der Waals surface area contributed by atoms with E-state index in [1.807, 2.05) is 13.8 Å². The minimum Gasteiger partial charge on any atom is -0.340 e. The summed E-state index contributed by atoms with van der Waals surface area (Å²) in [6.07, 6.45) is 5.69. The first kappa shape index (κ1) is 22.3. The smallest absolute Gasteiger partial charge is 0.277 e. The highest BCUT2D eigenvalue weighted by atomic mass is 32.1. The molecule has 1 fully saturated rings. The van der Waals surface area contributed by atoms with Crippen molar-refractivity contribution >= 4 is 17.2 Å². The number of nitrogens with one attached hydrogen (secondary N) is 1. The Labute approximate surface area is 190 Å². The Balaban J connectivity index is 1.71. The number of hydrogen-bond acceptors (Lipinski definition) is 8. The Hall–Kier alpha value is -2.88. The van der Waals surface area contributed by atoms with Gasteiger partial charge in [0, 0.05) is 14.0 Å². The molecule has 0 bridgehead atoms. The molecule has 0 spiro atoms. The van der Waals surface area contributed by atoms with Crippen molar-refractivity contribution in [2.45, 2.75) is 71.8 Å². The lowest BCUT2D eigenvalue weighted by Gasteiger charge is -2.30. The molecule has 0 radical (unpaired) electrons. The van der Waals surface area contributed by atoms with E-state index in [0.717, 1.165) is 49.8 Å². The lowest BCUT2D eigenvalue weighted by Crippen LogP contribution is -2.46. The van der Waals surface area contributed by atoms with Crippen LogP contribution in [-0.4, -0.2) is 30.8 Å². The van der Waals surface area contributed by atoms with Gasteiger partial charge >= 0.3 is 0 Å². The van der Waals surface area contributed by atoms with E-state index in [9.17, 15) is 9.59 Å². The summed E-state index contributed by atoms with van der Waals surface area (Å²) in [5, 5.41) is 12.1. The van der Waals surface area contributed by atoms with Gasteiger partial charge in [0.15, 0.2) is 5.82 Å². The number of amides is 1. The van der Waals surface area contributed by atoms with Gasteiger partial charge in [0.05, 0.1) is 17.0 Å². The summed E-state index contributed by atoms with van der Waals surface area (Å²) in [6.45, 7) is 7.26. The van der Waals surface area contributed by atoms with Crippen molar-refractivity contribution in [2.24, 2.45) is 7.05 Å². The maximum Gasteiger partial charge on any atom is 0.277 e. The topological polar surface area (TPSA) is 116 Å². The van der Waals surface area contributed by atoms with Crippen LogP contribution in [0.5, 0.6) is 0 Å². The first-order valence-corrected chi connectivity index (χ1v) is 11.7. The van der Waals surface area contributed by atoms with Crippen molar-refractivity contribution in [1.29, 1.82) is 0 Å². The molecule has 0 aliphatic heterocycles. The minimum atomic E-state index is -0.665. The second kappa shape index (κ2) is 8.57. The lowest BCUT2D eigenvalue weighted by molar-refractivity contribution is 0.0880. The SMILES string of the molecule is Cc1nc(C2(NC(=O)c3sc(-c4c(C)c(C)nn(C)c4=O)nc3C)CCCCCC2)no1. The maximum absolute atomic E-state index is 13.5. The molecule has 1 amide bonds. The number of aryl methyl sites for hydroxylation is 4. The fourth-order valence-electron chi connectivity index (χ4n) is 4.32. The number of aromatic nitrogens is 5. The van der Waals surface area contributed by atoms with Gasteiger partial charge in [-0.1, -0.05) is 30.8 Å². The van der Waals surface area contributed by atoms with Gasteiger partial charge in [0.1, 0.15) is 15.4 Å². The van der Waals surface area contributed by atoms with Gasteiger partial charge in [-0.25, -0.2) is 9.67 Å². The average Bonchev–Trinajstić information content (AvgIpc) is 3.27. The third-order valence-corrected chi connectivity index (χ3v) is 7.38. The van der Waals surface area contributed by atoms with Crippen LogP contribution in [0.1, 0.15) is 76.9 Å². The van der Waals surface area contributed by atoms with E-state index in [0.29, 0.717) is 32.9 Å². The molecular formula is C22H28N6O3S. The molecular weight excluding hydrogens is 428 g/mol. The molecule has 0 unspecified atom stereocenters. The fraction of sp³-hybridized carbons (Fsp3) is 0.545. The lowest BCUT2D eigenvalue weighted by atomic mass is 9.89. The van der Waals surface area contributed by atoms with Crippen LogP contribution < -0.4 is 10.9 Å². The average molecular weight is 457 g/mol. The van der Waals surface area contributed by atoms with Gasteiger partial charge in [0.2, 0.25) is 5.89 Å². The highest BCUT2D eigenvalue weighted by Gasteiger charge is 2.39. The summed E-state index contributed by atoms with van der Waals surface area (Å²) in [5.41, 5.74) is 1.72. The molecule has 9 nitrogen and oxygen atoms in total. The Morgan fingerprint density at radius 2 is 1.75 bits per heavy atom. The molecule has 1 saturated carbocycles. The second-order valence-corrected chi connectivity index (χ2v) is 9.53. The third kappa shape index (κ3) is 3.99. The number of thiazole rings is 1. The molecule has 0 saturated heterocycles. The minimum absolute atomic E-state index is 0.226. The van der Waals surface area contributed by atoms with E-state index in [2.05, 4.69) is 25.5 Å². The van der Waals surface area contributed by atoms with Crippen molar-refractivity contribution in [3.8, 4) is 10.6 Å². The van der Waals surface area contributed by atoms with Crippen LogP contribution in [0.4, 0.5) is 0 Å². The molecule has 0 aromatic carbocycles. The van der Waals surface area contributed by atoms with Crippen molar-refractivity contribution in [2.75, 3.05) is 0 Å². The quantitative estimate of drug-likeness (QED) is 0.597. The van der Waals surface area contributed by atoms with Crippen molar-refractivity contribution in [3.05, 3.63) is 43.9 Å². The van der Waals surface area contributed by atoms with Crippen molar-refractivity contribution < 1.29 is 9.32 Å². The molecule has 3 aromatic heterocycles. The number of carbonyl (C=O) groups excluding carboxylic acids is 1. The molecule has 3 heterocycles. The highest BCUT2D eigenvalue weighted by Crippen LogP contribution is 2.36. The van der Waals surface area contributed by atoms with E-state index in [1.54, 1.807) is 20.9 Å². The zero-order valence-electron chi connectivity index (χ0n) is 19.1. The fourth-order valence-corrected chi connectivity index (χ4v) is 5.37. The number of hydrogen-bond donors (Lipinski definition) is 1. The van der Waals surface area contributed by atoms with Crippen LogP contribution in [0.3, 0.4) is 0 Å². The molecule has 1 aliphatic rings. The van der Waals surface area contributed by atoms with Gasteiger partial charge in [-0.2, -0.15) is 10.1 Å². The van der Waals surface area contributed by atoms with Crippen LogP contribution in [-0.2, 0) is 12.6 Å². The van der Waals surface area contributed by atoms with Gasteiger partial charge in [-0.3, -0.25) is 9.59 Å². The zero-order valence-corrected chi connectivity index (χ0v) is 19.9. The largest absolute Gasteiger partial charge is 0.340 e. The predicted molar refractivity (Wildman–Crippen MR) is 121 cm³/mol. The van der Waals surface area contributed by atoms with Gasteiger partial charge < -0.3 is 9.84 Å². The van der Waals surface area contributed by atoms with Crippen LogP contribution in [0, 0.1) is 27.7 Å². The molecule has 1 N–H and O–H groups in total. The standard InChI is InChI=1S/C22H28N6O3S/c1-12-13(2)26-28(5)20(30)16(12)19-23-14(3)17(32-19)18(29)25-22(10-8-6-7-9-11-22)21-24-15(4)31-27-21/h6-11H2,1-5H3,(H,25,29). The maximum atomic E-state index is 13.5. The summed E-state index contributed by atoms with van der Waals surface area (Å²) >= 11 is 1.23. The Kier molecular flexibility index (Phi) is 5.98. The predicted octanol–water partition coefficient (Wildman–Crippen LogP) is 3.50.